The van der Waals surface area contributed by atoms with Crippen LogP contribution in [0, 0.1) is 12.8 Å². The Morgan fingerprint density at radius 1 is 0.957 bits per heavy atom. The monoisotopic (exact) mass is 320 g/mol. The lowest BCUT2D eigenvalue weighted by Crippen LogP contribution is -2.14. The summed E-state index contributed by atoms with van der Waals surface area (Å²) in [6, 6.07) is 2.83. The molecule has 0 aromatic heterocycles. The average molecular weight is 320 g/mol. The molecule has 0 saturated carbocycles. The van der Waals surface area contributed by atoms with Crippen molar-refractivity contribution in [2.45, 2.75) is 65.7 Å². The van der Waals surface area contributed by atoms with Gasteiger partial charge in [-0.3, -0.25) is 0 Å². The van der Waals surface area contributed by atoms with Crippen LogP contribution in [0.5, 0.6) is 0 Å². The van der Waals surface area contributed by atoms with Gasteiger partial charge in [-0.2, -0.15) is 0 Å². The number of unbranched alkanes of at least 4 members (excludes halogenated alkanes) is 2. The fourth-order valence-electron chi connectivity index (χ4n) is 3.18. The van der Waals surface area contributed by atoms with E-state index < -0.39 is 11.9 Å². The number of benzene rings is 1. The van der Waals surface area contributed by atoms with Gasteiger partial charge in [0.1, 0.15) is 0 Å². The van der Waals surface area contributed by atoms with Gasteiger partial charge in [-0.15, -0.1) is 0 Å². The van der Waals surface area contributed by atoms with Gasteiger partial charge in [0, 0.05) is 0 Å². The summed E-state index contributed by atoms with van der Waals surface area (Å²) >= 11 is 0. The largest absolute Gasteiger partial charge is 0.478 e. The number of carbonyl (C=O) groups is 2. The molecule has 1 rings (SSSR count). The Labute approximate surface area is 138 Å². The number of hydrogen-bond donors (Lipinski definition) is 2. The molecule has 0 spiro atoms. The van der Waals surface area contributed by atoms with Crippen LogP contribution in [0.25, 0.3) is 0 Å². The molecule has 1 unspecified atom stereocenters. The van der Waals surface area contributed by atoms with Crippen LogP contribution in [-0.4, -0.2) is 22.2 Å². The van der Waals surface area contributed by atoms with Crippen LogP contribution in [0.4, 0.5) is 0 Å². The Morgan fingerprint density at radius 2 is 1.57 bits per heavy atom. The Balaban J connectivity index is 3.12. The SMILES string of the molecule is CCCCCC(CCC)Cc1c(C(=O)O)ccc(C(=O)O)c1C. The molecule has 0 amide bonds. The molecule has 0 aliphatic carbocycles. The number of aromatic carboxylic acids is 2. The molecule has 2 N–H and O–H groups in total. The predicted molar refractivity (Wildman–Crippen MR) is 91.3 cm³/mol. The minimum Gasteiger partial charge on any atom is -0.478 e. The fourth-order valence-corrected chi connectivity index (χ4v) is 3.18. The second kappa shape index (κ2) is 9.33. The third-order valence-electron chi connectivity index (χ3n) is 4.46. The normalized spacial score (nSPS) is 12.1. The summed E-state index contributed by atoms with van der Waals surface area (Å²) in [6.45, 7) is 6.02. The topological polar surface area (TPSA) is 74.6 Å². The summed E-state index contributed by atoms with van der Waals surface area (Å²) < 4.78 is 0. The molecule has 23 heavy (non-hydrogen) atoms. The van der Waals surface area contributed by atoms with E-state index in [9.17, 15) is 19.8 Å². The smallest absolute Gasteiger partial charge is 0.335 e. The molecule has 128 valence electrons. The predicted octanol–water partition coefficient (Wildman–Crippen LogP) is 4.93. The van der Waals surface area contributed by atoms with E-state index in [0.717, 1.165) is 32.1 Å². The van der Waals surface area contributed by atoms with Crippen molar-refractivity contribution in [2.24, 2.45) is 5.92 Å². The van der Waals surface area contributed by atoms with Crippen molar-refractivity contribution in [1.29, 1.82) is 0 Å². The minimum absolute atomic E-state index is 0.203. The van der Waals surface area contributed by atoms with Gasteiger partial charge in [-0.25, -0.2) is 9.59 Å². The lowest BCUT2D eigenvalue weighted by molar-refractivity contribution is 0.0679. The van der Waals surface area contributed by atoms with Crippen LogP contribution >= 0.6 is 0 Å². The molecule has 4 heteroatoms. The molecular weight excluding hydrogens is 292 g/mol. The average Bonchev–Trinajstić information content (AvgIpc) is 2.48. The van der Waals surface area contributed by atoms with Crippen LogP contribution in [0.2, 0.25) is 0 Å². The number of hydrogen-bond acceptors (Lipinski definition) is 2. The standard InChI is InChI=1S/C19H28O4/c1-4-6-7-9-14(8-5-2)12-17-13(3)15(18(20)21)10-11-16(17)19(22)23/h10-11,14H,4-9,12H2,1-3H3,(H,20,21)(H,22,23). The van der Waals surface area contributed by atoms with Gasteiger partial charge in [0.2, 0.25) is 0 Å². The summed E-state index contributed by atoms with van der Waals surface area (Å²) in [4.78, 5) is 22.8. The van der Waals surface area contributed by atoms with Gasteiger partial charge in [0.25, 0.3) is 0 Å². The molecule has 0 aliphatic heterocycles. The Hall–Kier alpha value is -1.84. The van der Waals surface area contributed by atoms with Gasteiger partial charge < -0.3 is 10.2 Å². The van der Waals surface area contributed by atoms with Gasteiger partial charge >= 0.3 is 11.9 Å². The molecule has 1 atom stereocenters. The molecule has 0 radical (unpaired) electrons. The number of rotatable bonds is 10. The quantitative estimate of drug-likeness (QED) is 0.599. The van der Waals surface area contributed by atoms with E-state index in [1.807, 2.05) is 0 Å². The maximum atomic E-state index is 11.5. The lowest BCUT2D eigenvalue weighted by atomic mass is 9.85. The van der Waals surface area contributed by atoms with Crippen LogP contribution < -0.4 is 0 Å². The molecular formula is C19H28O4. The maximum absolute atomic E-state index is 11.5. The van der Waals surface area contributed by atoms with Gasteiger partial charge in [-0.1, -0.05) is 52.4 Å². The highest BCUT2D eigenvalue weighted by Gasteiger charge is 2.20. The third-order valence-corrected chi connectivity index (χ3v) is 4.46. The zero-order valence-electron chi connectivity index (χ0n) is 14.4. The van der Waals surface area contributed by atoms with E-state index in [0.29, 0.717) is 23.5 Å². The van der Waals surface area contributed by atoms with E-state index in [-0.39, 0.29) is 11.1 Å². The van der Waals surface area contributed by atoms with Crippen molar-refractivity contribution in [3.05, 3.63) is 34.4 Å². The van der Waals surface area contributed by atoms with Crippen LogP contribution in [0.3, 0.4) is 0 Å². The van der Waals surface area contributed by atoms with Crippen LogP contribution in [0.15, 0.2) is 12.1 Å². The van der Waals surface area contributed by atoms with E-state index in [1.165, 1.54) is 18.6 Å². The highest BCUT2D eigenvalue weighted by molar-refractivity contribution is 5.94. The van der Waals surface area contributed by atoms with E-state index in [2.05, 4.69) is 13.8 Å². The molecule has 1 aromatic rings. The maximum Gasteiger partial charge on any atom is 0.335 e. The molecule has 0 heterocycles. The van der Waals surface area contributed by atoms with Crippen molar-refractivity contribution < 1.29 is 19.8 Å². The van der Waals surface area contributed by atoms with E-state index in [1.54, 1.807) is 6.92 Å². The molecule has 0 fully saturated rings. The highest BCUT2D eigenvalue weighted by Crippen LogP contribution is 2.27. The molecule has 0 aliphatic rings. The first-order valence-electron chi connectivity index (χ1n) is 8.51. The number of carboxylic acids is 2. The van der Waals surface area contributed by atoms with Crippen molar-refractivity contribution in [1.82, 2.24) is 0 Å². The molecule has 4 nitrogen and oxygen atoms in total. The Bertz CT molecular complexity index is 549. The lowest BCUT2D eigenvalue weighted by Gasteiger charge is -2.20. The fraction of sp³-hybridized carbons (Fsp3) is 0.579. The number of carboxylic acid groups (broad SMARTS) is 2. The van der Waals surface area contributed by atoms with Crippen molar-refractivity contribution in [3.63, 3.8) is 0 Å². The summed E-state index contributed by atoms with van der Waals surface area (Å²) in [5.74, 6) is -1.57. The van der Waals surface area contributed by atoms with E-state index in [4.69, 9.17) is 0 Å². The van der Waals surface area contributed by atoms with Crippen LogP contribution in [-0.2, 0) is 6.42 Å². The van der Waals surface area contributed by atoms with Gasteiger partial charge in [0.15, 0.2) is 0 Å². The zero-order valence-corrected chi connectivity index (χ0v) is 14.4. The molecule has 0 bridgehead atoms. The second-order valence-electron chi connectivity index (χ2n) is 6.23. The molecule has 1 aromatic carbocycles. The van der Waals surface area contributed by atoms with Crippen molar-refractivity contribution in [2.75, 3.05) is 0 Å². The molecule has 0 saturated heterocycles. The minimum atomic E-state index is -1.00. The first-order valence-corrected chi connectivity index (χ1v) is 8.51. The highest BCUT2D eigenvalue weighted by atomic mass is 16.4. The Morgan fingerprint density at radius 3 is 2.09 bits per heavy atom. The Kier molecular flexibility index (Phi) is 7.79. The van der Waals surface area contributed by atoms with E-state index >= 15 is 0 Å². The van der Waals surface area contributed by atoms with Crippen LogP contribution in [0.1, 0.15) is 84.2 Å². The van der Waals surface area contributed by atoms with Gasteiger partial charge in [-0.05, 0) is 42.5 Å². The zero-order chi connectivity index (χ0) is 17.4. The second-order valence-corrected chi connectivity index (χ2v) is 6.23. The van der Waals surface area contributed by atoms with Crippen molar-refractivity contribution >= 4 is 11.9 Å². The first-order chi connectivity index (χ1) is 10.9. The summed E-state index contributed by atoms with van der Waals surface area (Å²) in [5.41, 5.74) is 1.72. The third kappa shape index (κ3) is 5.38. The summed E-state index contributed by atoms with van der Waals surface area (Å²) in [6.07, 6.45) is 7.29. The summed E-state index contributed by atoms with van der Waals surface area (Å²) in [7, 11) is 0. The van der Waals surface area contributed by atoms with Crippen molar-refractivity contribution in [3.8, 4) is 0 Å². The first kappa shape index (κ1) is 19.2. The summed E-state index contributed by atoms with van der Waals surface area (Å²) in [5, 5.41) is 18.7. The van der Waals surface area contributed by atoms with Gasteiger partial charge in [0.05, 0.1) is 11.1 Å².